The van der Waals surface area contributed by atoms with Gasteiger partial charge < -0.3 is 24.1 Å². The Morgan fingerprint density at radius 3 is 2.03 bits per heavy atom. The maximum atomic E-state index is 11.2. The predicted octanol–water partition coefficient (Wildman–Crippen LogP) is 4.40. The number of rotatable bonds is 7. The second-order valence-corrected chi connectivity index (χ2v) is 6.95. The van der Waals surface area contributed by atoms with Crippen LogP contribution in [0.1, 0.15) is 33.3 Å². The molecule has 0 radical (unpaired) electrons. The van der Waals surface area contributed by atoms with E-state index in [9.17, 15) is 9.59 Å². The molecule has 1 atom stereocenters. The number of ether oxygens (including phenoxy) is 4. The molecule has 1 unspecified atom stereocenters. The van der Waals surface area contributed by atoms with Crippen LogP contribution in [0.2, 0.25) is 0 Å². The standard InChI is InChI=1S/C16H16O4.C9H8O3/c1-19-14-6-4-13(5-7-14)11-20-15-8-2-12(3-9-15)10-16(17)18;1-11-9-7-4-2-6(3-5-7)8(10)12-9/h2-9H,10-11H2,1H3,(H,17,18);2-5,9H,1H3. The highest BCUT2D eigenvalue weighted by atomic mass is 16.7. The first-order valence-electron chi connectivity index (χ1n) is 9.88. The molecule has 0 aliphatic carbocycles. The third-order valence-electron chi connectivity index (χ3n) is 4.69. The van der Waals surface area contributed by atoms with Gasteiger partial charge in [-0.1, -0.05) is 36.4 Å². The molecule has 1 N–H and O–H groups in total. The minimum Gasteiger partial charge on any atom is -0.497 e. The number of aliphatic carboxylic acids is 1. The molecule has 166 valence electrons. The number of carboxylic acids is 1. The van der Waals surface area contributed by atoms with E-state index in [1.165, 1.54) is 7.11 Å². The number of benzene rings is 3. The number of hydrogen-bond donors (Lipinski definition) is 1. The van der Waals surface area contributed by atoms with Gasteiger partial charge in [0.15, 0.2) is 0 Å². The molecule has 2 bridgehead atoms. The zero-order valence-corrected chi connectivity index (χ0v) is 17.8. The fourth-order valence-corrected chi connectivity index (χ4v) is 2.96. The number of carbonyl (C=O) groups is 2. The van der Waals surface area contributed by atoms with E-state index >= 15 is 0 Å². The quantitative estimate of drug-likeness (QED) is 0.549. The highest BCUT2D eigenvalue weighted by molar-refractivity contribution is 5.90. The highest BCUT2D eigenvalue weighted by Gasteiger charge is 2.21. The van der Waals surface area contributed by atoms with Crippen LogP contribution in [-0.2, 0) is 27.3 Å². The van der Waals surface area contributed by atoms with Gasteiger partial charge in [0.1, 0.15) is 18.1 Å². The SMILES string of the molecule is COC1OC(=O)c2ccc1cc2.COc1ccc(COc2ccc(CC(=O)O)cc2)cc1. The average molecular weight is 436 g/mol. The van der Waals surface area contributed by atoms with Crippen LogP contribution in [0.15, 0.2) is 72.8 Å². The molecule has 32 heavy (non-hydrogen) atoms. The molecule has 3 aromatic carbocycles. The molecule has 7 nitrogen and oxygen atoms in total. The van der Waals surface area contributed by atoms with Gasteiger partial charge in [-0.2, -0.15) is 0 Å². The number of methoxy groups -OCH3 is 2. The molecule has 0 fully saturated rings. The lowest BCUT2D eigenvalue weighted by molar-refractivity contribution is -0.136. The minimum atomic E-state index is -0.836. The van der Waals surface area contributed by atoms with Crippen molar-refractivity contribution in [2.75, 3.05) is 14.2 Å². The number of carbonyl (C=O) groups excluding carboxylic acids is 1. The summed E-state index contributed by atoms with van der Waals surface area (Å²) in [7, 11) is 3.14. The molecule has 0 saturated carbocycles. The maximum Gasteiger partial charge on any atom is 0.340 e. The smallest absolute Gasteiger partial charge is 0.340 e. The Morgan fingerprint density at radius 1 is 0.875 bits per heavy atom. The van der Waals surface area contributed by atoms with Crippen molar-refractivity contribution >= 4 is 11.9 Å². The molecule has 2 aliphatic rings. The molecule has 2 heterocycles. The van der Waals surface area contributed by atoms with Crippen molar-refractivity contribution in [1.29, 1.82) is 0 Å². The second-order valence-electron chi connectivity index (χ2n) is 6.95. The number of esters is 1. The topological polar surface area (TPSA) is 91.3 Å². The molecular formula is C25H24O7. The van der Waals surface area contributed by atoms with Crippen LogP contribution in [0.4, 0.5) is 0 Å². The van der Waals surface area contributed by atoms with Gasteiger partial charge in [-0.25, -0.2) is 4.79 Å². The summed E-state index contributed by atoms with van der Waals surface area (Å²) in [6.07, 6.45) is -0.524. The average Bonchev–Trinajstić information content (AvgIpc) is 3.07. The van der Waals surface area contributed by atoms with E-state index in [-0.39, 0.29) is 12.4 Å². The van der Waals surface area contributed by atoms with E-state index in [0.29, 0.717) is 12.2 Å². The van der Waals surface area contributed by atoms with Crippen LogP contribution in [0, 0.1) is 0 Å². The van der Waals surface area contributed by atoms with Crippen molar-refractivity contribution < 1.29 is 33.6 Å². The minimum absolute atomic E-state index is 0.0265. The Morgan fingerprint density at radius 2 is 1.47 bits per heavy atom. The van der Waals surface area contributed by atoms with Gasteiger partial charge in [-0.15, -0.1) is 0 Å². The molecule has 0 spiro atoms. The van der Waals surface area contributed by atoms with Crippen LogP contribution < -0.4 is 9.47 Å². The summed E-state index contributed by atoms with van der Waals surface area (Å²) in [5.41, 5.74) is 3.24. The summed E-state index contributed by atoms with van der Waals surface area (Å²) in [4.78, 5) is 21.8. The van der Waals surface area contributed by atoms with E-state index in [1.807, 2.05) is 36.4 Å². The fraction of sp³-hybridized carbons (Fsp3) is 0.200. The van der Waals surface area contributed by atoms with Gasteiger partial charge in [0.05, 0.1) is 19.1 Å². The maximum absolute atomic E-state index is 11.2. The van der Waals surface area contributed by atoms with E-state index in [0.717, 1.165) is 28.2 Å². The Kier molecular flexibility index (Phi) is 7.83. The zero-order chi connectivity index (χ0) is 22.9. The molecule has 5 rings (SSSR count). The van der Waals surface area contributed by atoms with Crippen molar-refractivity contribution in [3.05, 3.63) is 95.1 Å². The number of hydrogen-bond acceptors (Lipinski definition) is 6. The lowest BCUT2D eigenvalue weighted by Gasteiger charge is -2.11. The van der Waals surface area contributed by atoms with Crippen LogP contribution in [-0.4, -0.2) is 31.3 Å². The summed E-state index contributed by atoms with van der Waals surface area (Å²) in [5.74, 6) is 0.362. The first kappa shape index (κ1) is 22.8. The van der Waals surface area contributed by atoms with Gasteiger partial charge in [0, 0.05) is 12.7 Å². The largest absolute Gasteiger partial charge is 0.497 e. The van der Waals surface area contributed by atoms with Crippen LogP contribution in [0.25, 0.3) is 0 Å². The molecule has 3 aromatic rings. The molecule has 0 saturated heterocycles. The van der Waals surface area contributed by atoms with Crippen LogP contribution in [0.3, 0.4) is 0 Å². The Bertz CT molecular complexity index is 1030. The highest BCUT2D eigenvalue weighted by Crippen LogP contribution is 2.24. The van der Waals surface area contributed by atoms with E-state index < -0.39 is 12.3 Å². The second kappa shape index (κ2) is 11.0. The van der Waals surface area contributed by atoms with Crippen molar-refractivity contribution in [1.82, 2.24) is 0 Å². The summed E-state index contributed by atoms with van der Waals surface area (Å²) in [5, 5.41) is 8.69. The molecule has 7 heteroatoms. The first-order chi connectivity index (χ1) is 15.5. The van der Waals surface area contributed by atoms with Gasteiger partial charge in [0.2, 0.25) is 6.29 Å². The number of fused-ring (bicyclic) bond motifs is 4. The summed E-state index contributed by atoms with van der Waals surface area (Å²) < 4.78 is 20.7. The molecule has 0 aromatic heterocycles. The van der Waals surface area contributed by atoms with E-state index in [1.54, 1.807) is 43.5 Å². The normalized spacial score (nSPS) is 13.9. The van der Waals surface area contributed by atoms with Gasteiger partial charge in [-0.3, -0.25) is 4.79 Å². The Hall–Kier alpha value is -3.84. The van der Waals surface area contributed by atoms with Gasteiger partial charge in [-0.05, 0) is 47.5 Å². The third-order valence-corrected chi connectivity index (χ3v) is 4.69. The van der Waals surface area contributed by atoms with Crippen LogP contribution >= 0.6 is 0 Å². The van der Waals surface area contributed by atoms with Gasteiger partial charge in [0.25, 0.3) is 0 Å². The lowest BCUT2D eigenvalue weighted by atomic mass is 10.1. The molecule has 2 aliphatic heterocycles. The van der Waals surface area contributed by atoms with Crippen molar-refractivity contribution in [2.24, 2.45) is 0 Å². The first-order valence-corrected chi connectivity index (χ1v) is 9.88. The van der Waals surface area contributed by atoms with Crippen molar-refractivity contribution in [3.63, 3.8) is 0 Å². The number of carboxylic acid groups (broad SMARTS) is 1. The van der Waals surface area contributed by atoms with Crippen molar-refractivity contribution in [3.8, 4) is 11.5 Å². The Balaban J connectivity index is 0.000000204. The Labute approximate surface area is 186 Å². The van der Waals surface area contributed by atoms with E-state index in [2.05, 4.69) is 0 Å². The zero-order valence-electron chi connectivity index (χ0n) is 17.8. The molecule has 0 amide bonds. The summed E-state index contributed by atoms with van der Waals surface area (Å²) in [6.45, 7) is 0.461. The fourth-order valence-electron chi connectivity index (χ4n) is 2.96. The van der Waals surface area contributed by atoms with E-state index in [4.69, 9.17) is 24.1 Å². The molecular weight excluding hydrogens is 412 g/mol. The third kappa shape index (κ3) is 6.33. The summed E-state index contributed by atoms with van der Waals surface area (Å²) >= 11 is 0. The van der Waals surface area contributed by atoms with Crippen LogP contribution in [0.5, 0.6) is 11.5 Å². The predicted molar refractivity (Wildman–Crippen MR) is 117 cm³/mol. The lowest BCUT2D eigenvalue weighted by Crippen LogP contribution is -2.08. The monoisotopic (exact) mass is 436 g/mol. The summed E-state index contributed by atoms with van der Waals surface area (Å²) in [6, 6.07) is 21.9. The van der Waals surface area contributed by atoms with Crippen molar-refractivity contribution in [2.45, 2.75) is 19.3 Å². The van der Waals surface area contributed by atoms with Gasteiger partial charge >= 0.3 is 11.9 Å².